The number of methoxy groups -OCH3 is 2. The van der Waals surface area contributed by atoms with E-state index in [9.17, 15) is 4.79 Å². The number of benzene rings is 3. The number of fused-ring (bicyclic) bond motifs is 3. The van der Waals surface area contributed by atoms with Crippen molar-refractivity contribution < 1.29 is 14.3 Å². The minimum Gasteiger partial charge on any atom is -0.493 e. The number of carbonyl (C=O) groups excluding carboxylic acids is 1. The molecule has 1 saturated heterocycles. The summed E-state index contributed by atoms with van der Waals surface area (Å²) in [4.78, 5) is 27.6. The van der Waals surface area contributed by atoms with Gasteiger partial charge in [0.05, 0.1) is 38.2 Å². The van der Waals surface area contributed by atoms with E-state index in [-0.39, 0.29) is 18.0 Å². The maximum Gasteiger partial charge on any atom is 0.228 e. The number of piperazine rings is 1. The van der Waals surface area contributed by atoms with Crippen LogP contribution in [-0.4, -0.2) is 60.2 Å². The van der Waals surface area contributed by atoms with Gasteiger partial charge in [0.1, 0.15) is 5.82 Å². The molecular formula is C30H33N5O3. The molecule has 196 valence electrons. The van der Waals surface area contributed by atoms with Crippen LogP contribution >= 0.6 is 0 Å². The zero-order chi connectivity index (χ0) is 26.2. The fraction of sp³-hybridized carbons (Fsp3) is 0.367. The Balaban J connectivity index is 1.27. The molecule has 1 amide bonds. The van der Waals surface area contributed by atoms with Gasteiger partial charge in [-0.25, -0.2) is 4.98 Å². The molecule has 1 aliphatic carbocycles. The Kier molecular flexibility index (Phi) is 6.39. The highest BCUT2D eigenvalue weighted by Gasteiger charge is 2.41. The second-order valence-corrected chi connectivity index (χ2v) is 10.2. The van der Waals surface area contributed by atoms with Crippen LogP contribution in [0.4, 0.5) is 11.8 Å². The summed E-state index contributed by atoms with van der Waals surface area (Å²) >= 11 is 0. The number of hydrogen-bond donors (Lipinski definition) is 1. The third-order valence-corrected chi connectivity index (χ3v) is 8.04. The van der Waals surface area contributed by atoms with E-state index in [1.165, 1.54) is 10.8 Å². The molecule has 1 aromatic heterocycles. The number of nitrogens with zero attached hydrogens (tertiary/aromatic N) is 4. The maximum absolute atomic E-state index is 13.6. The average molecular weight is 512 g/mol. The molecule has 2 fully saturated rings. The zero-order valence-electron chi connectivity index (χ0n) is 21.9. The summed E-state index contributed by atoms with van der Waals surface area (Å²) in [5, 5.41) is 3.09. The first kappa shape index (κ1) is 24.3. The number of carbonyl (C=O) groups is 1. The molecule has 2 atom stereocenters. The van der Waals surface area contributed by atoms with E-state index in [4.69, 9.17) is 25.2 Å². The molecule has 0 spiro atoms. The molecule has 1 aliphatic heterocycles. The normalized spacial score (nSPS) is 19.4. The van der Waals surface area contributed by atoms with Crippen LogP contribution in [0, 0.1) is 0 Å². The van der Waals surface area contributed by atoms with Gasteiger partial charge in [-0.1, -0.05) is 55.3 Å². The van der Waals surface area contributed by atoms with Crippen LogP contribution in [0.5, 0.6) is 11.5 Å². The smallest absolute Gasteiger partial charge is 0.228 e. The summed E-state index contributed by atoms with van der Waals surface area (Å²) in [6.07, 6.45) is 4.64. The number of amides is 1. The zero-order valence-corrected chi connectivity index (χ0v) is 21.9. The van der Waals surface area contributed by atoms with E-state index >= 15 is 0 Å². The van der Waals surface area contributed by atoms with E-state index in [1.54, 1.807) is 14.2 Å². The van der Waals surface area contributed by atoms with Gasteiger partial charge in [-0.05, 0) is 35.2 Å². The highest BCUT2D eigenvalue weighted by molar-refractivity contribution is 5.92. The predicted molar refractivity (Wildman–Crippen MR) is 150 cm³/mol. The fourth-order valence-electron chi connectivity index (χ4n) is 6.14. The van der Waals surface area contributed by atoms with Gasteiger partial charge in [0, 0.05) is 24.5 Å². The molecule has 0 bridgehead atoms. The minimum absolute atomic E-state index is 0.136. The Morgan fingerprint density at radius 3 is 2.45 bits per heavy atom. The van der Waals surface area contributed by atoms with Crippen LogP contribution in [0.1, 0.15) is 31.2 Å². The number of aromatic nitrogens is 2. The Morgan fingerprint density at radius 1 is 0.921 bits per heavy atom. The van der Waals surface area contributed by atoms with Gasteiger partial charge in [-0.3, -0.25) is 4.79 Å². The Hall–Kier alpha value is -4.07. The summed E-state index contributed by atoms with van der Waals surface area (Å²) in [6.45, 7) is 1.31. The lowest BCUT2D eigenvalue weighted by Crippen LogP contribution is -2.62. The predicted octanol–water partition coefficient (Wildman–Crippen LogP) is 4.58. The van der Waals surface area contributed by atoms with Crippen molar-refractivity contribution in [1.82, 2.24) is 14.9 Å². The monoisotopic (exact) mass is 511 g/mol. The van der Waals surface area contributed by atoms with Crippen LogP contribution in [0.2, 0.25) is 0 Å². The lowest BCUT2D eigenvalue weighted by Gasteiger charge is -2.50. The summed E-state index contributed by atoms with van der Waals surface area (Å²) in [5.74, 6) is 2.40. The quantitative estimate of drug-likeness (QED) is 0.419. The molecule has 38 heavy (non-hydrogen) atoms. The highest BCUT2D eigenvalue weighted by Crippen LogP contribution is 2.37. The van der Waals surface area contributed by atoms with Crippen molar-refractivity contribution in [2.24, 2.45) is 0 Å². The van der Waals surface area contributed by atoms with E-state index in [0.29, 0.717) is 48.3 Å². The third kappa shape index (κ3) is 4.34. The minimum atomic E-state index is 0.136. The summed E-state index contributed by atoms with van der Waals surface area (Å²) in [6, 6.07) is 18.5. The molecule has 3 aromatic carbocycles. The number of nitrogen functional groups attached to an aromatic ring is 1. The highest BCUT2D eigenvalue weighted by atomic mass is 16.5. The summed E-state index contributed by atoms with van der Waals surface area (Å²) in [7, 11) is 3.20. The van der Waals surface area contributed by atoms with Gasteiger partial charge in [0.2, 0.25) is 11.9 Å². The molecule has 0 unspecified atom stereocenters. The largest absolute Gasteiger partial charge is 0.493 e. The van der Waals surface area contributed by atoms with E-state index in [1.807, 2.05) is 24.3 Å². The van der Waals surface area contributed by atoms with Gasteiger partial charge < -0.3 is 25.0 Å². The van der Waals surface area contributed by atoms with Crippen molar-refractivity contribution >= 4 is 39.3 Å². The van der Waals surface area contributed by atoms with Gasteiger partial charge >= 0.3 is 0 Å². The first-order valence-corrected chi connectivity index (χ1v) is 13.3. The molecule has 2 heterocycles. The van der Waals surface area contributed by atoms with Crippen molar-refractivity contribution in [3.05, 3.63) is 60.2 Å². The van der Waals surface area contributed by atoms with Crippen LogP contribution in [-0.2, 0) is 11.2 Å². The molecule has 2 aliphatic rings. The van der Waals surface area contributed by atoms with Crippen LogP contribution in [0.25, 0.3) is 21.7 Å². The van der Waals surface area contributed by atoms with Gasteiger partial charge in [0.15, 0.2) is 11.5 Å². The molecule has 1 saturated carbocycles. The number of nitrogens with two attached hydrogens (primary N) is 1. The first-order chi connectivity index (χ1) is 18.6. The van der Waals surface area contributed by atoms with Gasteiger partial charge in [-0.15, -0.1) is 0 Å². The van der Waals surface area contributed by atoms with Crippen molar-refractivity contribution in [3.63, 3.8) is 0 Å². The number of anilines is 2. The second-order valence-electron chi connectivity index (χ2n) is 10.2. The van der Waals surface area contributed by atoms with E-state index < -0.39 is 0 Å². The standard InChI is InChI=1S/C30H33N5O3/c1-37-26-17-22-23(18-27(26)38-2)32-30(33-29(22)31)35-14-13-34(24-9-5-6-10-25(24)35)28(36)16-19-11-12-20-7-3-4-8-21(20)15-19/h3-4,7-8,11-12,15,17-18,24-25H,5-6,9-10,13-14,16H2,1-2H3,(H2,31,32,33)/t24-,25+/m0/s1. The summed E-state index contributed by atoms with van der Waals surface area (Å²) < 4.78 is 10.9. The maximum atomic E-state index is 13.6. The van der Waals surface area contributed by atoms with Gasteiger partial charge in [0.25, 0.3) is 0 Å². The van der Waals surface area contributed by atoms with Crippen LogP contribution in [0.15, 0.2) is 54.6 Å². The molecule has 0 radical (unpaired) electrons. The SMILES string of the molecule is COc1cc2nc(N3CCN(C(=O)Cc4ccc5ccccc5c4)[C@H]4CCCC[C@H]43)nc(N)c2cc1OC. The van der Waals surface area contributed by atoms with Crippen molar-refractivity contribution in [2.75, 3.05) is 37.9 Å². The van der Waals surface area contributed by atoms with Crippen molar-refractivity contribution in [1.29, 1.82) is 0 Å². The Morgan fingerprint density at radius 2 is 1.66 bits per heavy atom. The Bertz CT molecular complexity index is 1510. The third-order valence-electron chi connectivity index (χ3n) is 8.04. The topological polar surface area (TPSA) is 93.8 Å². The second kappa shape index (κ2) is 10.0. The van der Waals surface area contributed by atoms with Crippen molar-refractivity contribution in [2.45, 2.75) is 44.2 Å². The lowest BCUT2D eigenvalue weighted by atomic mass is 9.86. The lowest BCUT2D eigenvalue weighted by molar-refractivity contribution is -0.134. The molecule has 6 rings (SSSR count). The molecule has 2 N–H and O–H groups in total. The molecule has 4 aromatic rings. The average Bonchev–Trinajstić information content (AvgIpc) is 2.95. The summed E-state index contributed by atoms with van der Waals surface area (Å²) in [5.41, 5.74) is 8.18. The van der Waals surface area contributed by atoms with Crippen LogP contribution < -0.4 is 20.1 Å². The van der Waals surface area contributed by atoms with E-state index in [0.717, 1.165) is 36.6 Å². The number of ether oxygens (including phenoxy) is 2. The van der Waals surface area contributed by atoms with Crippen molar-refractivity contribution in [3.8, 4) is 11.5 Å². The fourth-order valence-corrected chi connectivity index (χ4v) is 6.14. The van der Waals surface area contributed by atoms with E-state index in [2.05, 4.69) is 40.1 Å². The number of hydrogen-bond acceptors (Lipinski definition) is 7. The molecule has 8 nitrogen and oxygen atoms in total. The first-order valence-electron chi connectivity index (χ1n) is 13.3. The Labute approximate surface area is 222 Å². The van der Waals surface area contributed by atoms with Crippen LogP contribution in [0.3, 0.4) is 0 Å². The number of rotatable bonds is 5. The van der Waals surface area contributed by atoms with Gasteiger partial charge in [-0.2, -0.15) is 4.98 Å². The molecule has 8 heteroatoms. The molecular weight excluding hydrogens is 478 g/mol.